The fourth-order valence-corrected chi connectivity index (χ4v) is 2.97. The lowest BCUT2D eigenvalue weighted by atomic mass is 9.87. The van der Waals surface area contributed by atoms with Crippen LogP contribution in [0.1, 0.15) is 32.8 Å². The van der Waals surface area contributed by atoms with Crippen LogP contribution in [0.3, 0.4) is 0 Å². The molecule has 1 unspecified atom stereocenters. The van der Waals surface area contributed by atoms with Gasteiger partial charge in [0, 0.05) is 33.2 Å². The van der Waals surface area contributed by atoms with Crippen molar-refractivity contribution in [1.82, 2.24) is 10.2 Å². The fraction of sp³-hybridized carbons (Fsp3) is 0.650. The Morgan fingerprint density at radius 3 is 2.60 bits per heavy atom. The molecule has 0 aromatic heterocycles. The Kier molecular flexibility index (Phi) is 7.12. The Bertz CT molecular complexity index is 543. The summed E-state index contributed by atoms with van der Waals surface area (Å²) in [7, 11) is 3.88. The van der Waals surface area contributed by atoms with Crippen molar-refractivity contribution >= 4 is 5.96 Å². The molecule has 1 N–H and O–H groups in total. The minimum Gasteiger partial charge on any atom is -0.492 e. The van der Waals surface area contributed by atoms with Crippen LogP contribution >= 0.6 is 0 Å². The SMILES string of the molecule is CN=C(NCCOc1ccc(C(C)(C)C)cc1)N(C)CC1CCOC1. The maximum atomic E-state index is 5.83. The monoisotopic (exact) mass is 347 g/mol. The molecule has 0 bridgehead atoms. The van der Waals surface area contributed by atoms with Crippen LogP contribution in [0, 0.1) is 5.92 Å². The third kappa shape index (κ3) is 6.24. The quantitative estimate of drug-likeness (QED) is 0.488. The first kappa shape index (κ1) is 19.6. The number of rotatable bonds is 6. The predicted octanol–water partition coefficient (Wildman–Crippen LogP) is 2.91. The summed E-state index contributed by atoms with van der Waals surface area (Å²) in [4.78, 5) is 6.51. The Morgan fingerprint density at radius 1 is 1.32 bits per heavy atom. The highest BCUT2D eigenvalue weighted by Crippen LogP contribution is 2.24. The third-order valence-corrected chi connectivity index (χ3v) is 4.50. The Hall–Kier alpha value is -1.75. The van der Waals surface area contributed by atoms with Crippen LogP contribution in [-0.2, 0) is 10.2 Å². The summed E-state index contributed by atoms with van der Waals surface area (Å²) in [5.74, 6) is 2.40. The summed E-state index contributed by atoms with van der Waals surface area (Å²) >= 11 is 0. The first-order valence-corrected chi connectivity index (χ1v) is 9.13. The molecule has 1 fully saturated rings. The Labute approximate surface area is 152 Å². The molecule has 1 aliphatic heterocycles. The van der Waals surface area contributed by atoms with E-state index in [0.29, 0.717) is 12.5 Å². The second kappa shape index (κ2) is 9.09. The molecule has 0 saturated carbocycles. The van der Waals surface area contributed by atoms with Crippen molar-refractivity contribution < 1.29 is 9.47 Å². The Balaban J connectivity index is 1.71. The van der Waals surface area contributed by atoms with Gasteiger partial charge in [-0.2, -0.15) is 0 Å². The van der Waals surface area contributed by atoms with Gasteiger partial charge in [0.1, 0.15) is 12.4 Å². The lowest BCUT2D eigenvalue weighted by Crippen LogP contribution is -2.42. The van der Waals surface area contributed by atoms with Gasteiger partial charge in [0.25, 0.3) is 0 Å². The zero-order valence-corrected chi connectivity index (χ0v) is 16.3. The van der Waals surface area contributed by atoms with E-state index < -0.39 is 0 Å². The number of ether oxygens (including phenoxy) is 2. The summed E-state index contributed by atoms with van der Waals surface area (Å²) in [5.41, 5.74) is 1.48. The van der Waals surface area contributed by atoms with Crippen LogP contribution in [0.5, 0.6) is 5.75 Å². The molecule has 140 valence electrons. The van der Waals surface area contributed by atoms with Crippen molar-refractivity contribution in [3.63, 3.8) is 0 Å². The maximum absolute atomic E-state index is 5.83. The van der Waals surface area contributed by atoms with E-state index in [2.05, 4.69) is 55.2 Å². The molecule has 1 heterocycles. The molecule has 0 spiro atoms. The number of hydrogen-bond donors (Lipinski definition) is 1. The highest BCUT2D eigenvalue weighted by atomic mass is 16.5. The van der Waals surface area contributed by atoms with Crippen LogP contribution in [0.4, 0.5) is 0 Å². The van der Waals surface area contributed by atoms with Crippen LogP contribution in [0.2, 0.25) is 0 Å². The fourth-order valence-electron chi connectivity index (χ4n) is 2.97. The van der Waals surface area contributed by atoms with Gasteiger partial charge in [0.05, 0.1) is 13.2 Å². The number of guanidine groups is 1. The lowest BCUT2D eigenvalue weighted by Gasteiger charge is -2.24. The number of nitrogens with one attached hydrogen (secondary N) is 1. The molecule has 0 aliphatic carbocycles. The van der Waals surface area contributed by atoms with Gasteiger partial charge in [0.15, 0.2) is 5.96 Å². The molecule has 2 rings (SSSR count). The highest BCUT2D eigenvalue weighted by molar-refractivity contribution is 5.79. The maximum Gasteiger partial charge on any atom is 0.193 e. The van der Waals surface area contributed by atoms with Crippen molar-refractivity contribution in [3.05, 3.63) is 29.8 Å². The van der Waals surface area contributed by atoms with Crippen molar-refractivity contribution in [1.29, 1.82) is 0 Å². The molecule has 5 nitrogen and oxygen atoms in total. The average molecular weight is 348 g/mol. The van der Waals surface area contributed by atoms with E-state index in [4.69, 9.17) is 9.47 Å². The molecule has 1 atom stereocenters. The van der Waals surface area contributed by atoms with E-state index in [1.165, 1.54) is 5.56 Å². The lowest BCUT2D eigenvalue weighted by molar-refractivity contribution is 0.181. The van der Waals surface area contributed by atoms with Crippen LogP contribution < -0.4 is 10.1 Å². The van der Waals surface area contributed by atoms with Gasteiger partial charge in [0.2, 0.25) is 0 Å². The summed E-state index contributed by atoms with van der Waals surface area (Å²) in [6, 6.07) is 8.36. The van der Waals surface area contributed by atoms with Crippen molar-refractivity contribution in [3.8, 4) is 5.75 Å². The summed E-state index contributed by atoms with van der Waals surface area (Å²) in [6.45, 7) is 10.7. The minimum atomic E-state index is 0.168. The predicted molar refractivity (Wildman–Crippen MR) is 104 cm³/mol. The first-order valence-electron chi connectivity index (χ1n) is 9.13. The molecule has 0 amide bonds. The normalized spacial score (nSPS) is 18.3. The van der Waals surface area contributed by atoms with Crippen LogP contribution in [-0.4, -0.2) is 57.9 Å². The van der Waals surface area contributed by atoms with Crippen molar-refractivity contribution in [2.75, 3.05) is 47.0 Å². The molecule has 1 aliphatic rings. The van der Waals surface area contributed by atoms with Crippen LogP contribution in [0.25, 0.3) is 0 Å². The third-order valence-electron chi connectivity index (χ3n) is 4.50. The molecule has 1 aromatic rings. The number of nitrogens with zero attached hydrogens (tertiary/aromatic N) is 2. The largest absolute Gasteiger partial charge is 0.492 e. The van der Waals surface area contributed by atoms with Gasteiger partial charge in [-0.15, -0.1) is 0 Å². The van der Waals surface area contributed by atoms with Gasteiger partial charge < -0.3 is 19.7 Å². The summed E-state index contributed by atoms with van der Waals surface area (Å²) in [6.07, 6.45) is 1.13. The van der Waals surface area contributed by atoms with Crippen LogP contribution in [0.15, 0.2) is 29.3 Å². The van der Waals surface area contributed by atoms with E-state index in [-0.39, 0.29) is 5.41 Å². The summed E-state index contributed by atoms with van der Waals surface area (Å²) in [5, 5.41) is 3.36. The average Bonchev–Trinajstić information content (AvgIpc) is 3.07. The highest BCUT2D eigenvalue weighted by Gasteiger charge is 2.19. The molecule has 1 saturated heterocycles. The van der Waals surface area contributed by atoms with Crippen molar-refractivity contribution in [2.24, 2.45) is 10.9 Å². The minimum absolute atomic E-state index is 0.168. The first-order chi connectivity index (χ1) is 11.9. The number of aliphatic imine (C=N–C) groups is 1. The zero-order valence-electron chi connectivity index (χ0n) is 16.3. The Morgan fingerprint density at radius 2 is 2.04 bits per heavy atom. The number of benzene rings is 1. The van der Waals surface area contributed by atoms with Crippen molar-refractivity contribution in [2.45, 2.75) is 32.6 Å². The van der Waals surface area contributed by atoms with Gasteiger partial charge in [-0.05, 0) is 29.5 Å². The van der Waals surface area contributed by atoms with E-state index in [1.54, 1.807) is 0 Å². The topological polar surface area (TPSA) is 46.1 Å². The molecular formula is C20H33N3O2. The summed E-state index contributed by atoms with van der Waals surface area (Å²) < 4.78 is 11.3. The van der Waals surface area contributed by atoms with Gasteiger partial charge in [-0.25, -0.2) is 0 Å². The zero-order chi connectivity index (χ0) is 18.3. The molecule has 1 aromatic carbocycles. The second-order valence-electron chi connectivity index (χ2n) is 7.71. The molecule has 0 radical (unpaired) electrons. The molecular weight excluding hydrogens is 314 g/mol. The van der Waals surface area contributed by atoms with Gasteiger partial charge in [-0.1, -0.05) is 32.9 Å². The standard InChI is InChI=1S/C20H33N3O2/c1-20(2,3)17-6-8-18(9-7-17)25-13-11-22-19(21-4)23(5)14-16-10-12-24-15-16/h6-9,16H,10-15H2,1-5H3,(H,21,22). The molecule has 25 heavy (non-hydrogen) atoms. The van der Waals surface area contributed by atoms with E-state index in [9.17, 15) is 0 Å². The smallest absolute Gasteiger partial charge is 0.193 e. The number of hydrogen-bond acceptors (Lipinski definition) is 3. The molecule has 5 heteroatoms. The van der Waals surface area contributed by atoms with E-state index >= 15 is 0 Å². The second-order valence-corrected chi connectivity index (χ2v) is 7.71. The van der Waals surface area contributed by atoms with Gasteiger partial charge >= 0.3 is 0 Å². The van der Waals surface area contributed by atoms with E-state index in [1.807, 2.05) is 19.2 Å². The van der Waals surface area contributed by atoms with Gasteiger partial charge in [-0.3, -0.25) is 4.99 Å². The van der Waals surface area contributed by atoms with E-state index in [0.717, 1.165) is 44.4 Å².